The molecule has 31 heavy (non-hydrogen) atoms. The van der Waals surface area contributed by atoms with E-state index in [1.165, 1.54) is 4.90 Å². The SMILES string of the molecule is CC[C@H](C)NC(=O)[C@@H](C)N(Cc1ccc(Cl)cc1Cl)C(=O)COc1cc(C)cc(C)c1. The molecule has 0 bridgehead atoms. The van der Waals surface area contributed by atoms with Gasteiger partial charge < -0.3 is 15.0 Å². The molecule has 0 fully saturated rings. The van der Waals surface area contributed by atoms with E-state index in [0.29, 0.717) is 21.4 Å². The van der Waals surface area contributed by atoms with Crippen molar-refractivity contribution >= 4 is 35.0 Å². The lowest BCUT2D eigenvalue weighted by Gasteiger charge is -2.30. The molecule has 2 rings (SSSR count). The Morgan fingerprint density at radius 2 is 1.71 bits per heavy atom. The Balaban J connectivity index is 2.22. The summed E-state index contributed by atoms with van der Waals surface area (Å²) in [6.45, 7) is 9.54. The highest BCUT2D eigenvalue weighted by Crippen LogP contribution is 2.23. The smallest absolute Gasteiger partial charge is 0.261 e. The van der Waals surface area contributed by atoms with Crippen molar-refractivity contribution in [2.24, 2.45) is 0 Å². The first-order valence-corrected chi connectivity index (χ1v) is 11.1. The van der Waals surface area contributed by atoms with E-state index < -0.39 is 6.04 Å². The van der Waals surface area contributed by atoms with Crippen molar-refractivity contribution in [1.29, 1.82) is 0 Å². The normalized spacial score (nSPS) is 12.7. The molecule has 0 aliphatic heterocycles. The van der Waals surface area contributed by atoms with Gasteiger partial charge in [-0.3, -0.25) is 9.59 Å². The van der Waals surface area contributed by atoms with Crippen molar-refractivity contribution in [3.8, 4) is 5.75 Å². The lowest BCUT2D eigenvalue weighted by Crippen LogP contribution is -2.50. The number of rotatable bonds is 9. The van der Waals surface area contributed by atoms with E-state index in [2.05, 4.69) is 5.32 Å². The average Bonchev–Trinajstić information content (AvgIpc) is 2.70. The van der Waals surface area contributed by atoms with Gasteiger partial charge in [0.2, 0.25) is 5.91 Å². The van der Waals surface area contributed by atoms with Crippen LogP contribution in [0.15, 0.2) is 36.4 Å². The molecule has 0 radical (unpaired) electrons. The van der Waals surface area contributed by atoms with Gasteiger partial charge in [0, 0.05) is 22.6 Å². The summed E-state index contributed by atoms with van der Waals surface area (Å²) >= 11 is 12.3. The number of halogens is 2. The predicted molar refractivity (Wildman–Crippen MR) is 126 cm³/mol. The minimum atomic E-state index is -0.698. The van der Waals surface area contributed by atoms with Crippen LogP contribution in [-0.2, 0) is 16.1 Å². The Morgan fingerprint density at radius 1 is 1.06 bits per heavy atom. The summed E-state index contributed by atoms with van der Waals surface area (Å²) in [5.74, 6) is 0.0863. The van der Waals surface area contributed by atoms with E-state index in [1.807, 2.05) is 45.9 Å². The lowest BCUT2D eigenvalue weighted by atomic mass is 10.1. The highest BCUT2D eigenvalue weighted by Gasteiger charge is 2.27. The van der Waals surface area contributed by atoms with E-state index in [0.717, 1.165) is 17.5 Å². The lowest BCUT2D eigenvalue weighted by molar-refractivity contribution is -0.142. The fourth-order valence-corrected chi connectivity index (χ4v) is 3.59. The fourth-order valence-electron chi connectivity index (χ4n) is 3.13. The Labute approximate surface area is 194 Å². The topological polar surface area (TPSA) is 58.6 Å². The molecule has 0 heterocycles. The molecule has 0 saturated heterocycles. The fraction of sp³-hybridized carbons (Fsp3) is 0.417. The highest BCUT2D eigenvalue weighted by molar-refractivity contribution is 6.35. The van der Waals surface area contributed by atoms with Gasteiger partial charge in [-0.15, -0.1) is 0 Å². The number of nitrogens with zero attached hydrogens (tertiary/aromatic N) is 1. The van der Waals surface area contributed by atoms with Gasteiger partial charge in [-0.05, 0) is 75.1 Å². The Morgan fingerprint density at radius 3 is 2.29 bits per heavy atom. The number of amides is 2. The quantitative estimate of drug-likeness (QED) is 0.545. The molecule has 2 aromatic carbocycles. The van der Waals surface area contributed by atoms with Gasteiger partial charge >= 0.3 is 0 Å². The van der Waals surface area contributed by atoms with Crippen LogP contribution < -0.4 is 10.1 Å². The number of benzene rings is 2. The molecule has 2 aromatic rings. The second-order valence-electron chi connectivity index (χ2n) is 7.86. The monoisotopic (exact) mass is 464 g/mol. The molecule has 168 valence electrons. The third-order valence-electron chi connectivity index (χ3n) is 5.08. The Kier molecular flexibility index (Phi) is 9.20. The second kappa shape index (κ2) is 11.4. The summed E-state index contributed by atoms with van der Waals surface area (Å²) in [6, 6.07) is 10.2. The molecule has 0 aliphatic rings. The van der Waals surface area contributed by atoms with Gasteiger partial charge in [0.05, 0.1) is 0 Å². The van der Waals surface area contributed by atoms with Gasteiger partial charge in [0.15, 0.2) is 6.61 Å². The minimum Gasteiger partial charge on any atom is -0.484 e. The zero-order valence-electron chi connectivity index (χ0n) is 18.7. The van der Waals surface area contributed by atoms with E-state index in [9.17, 15) is 9.59 Å². The predicted octanol–water partition coefficient (Wildman–Crippen LogP) is 5.32. The number of carbonyl (C=O) groups is 2. The van der Waals surface area contributed by atoms with Crippen molar-refractivity contribution in [3.63, 3.8) is 0 Å². The summed E-state index contributed by atoms with van der Waals surface area (Å²) in [4.78, 5) is 27.4. The molecule has 0 unspecified atom stereocenters. The summed E-state index contributed by atoms with van der Waals surface area (Å²) in [7, 11) is 0. The third-order valence-corrected chi connectivity index (χ3v) is 5.67. The van der Waals surface area contributed by atoms with Gasteiger partial charge in [-0.1, -0.05) is 42.3 Å². The average molecular weight is 465 g/mol. The summed E-state index contributed by atoms with van der Waals surface area (Å²) in [5.41, 5.74) is 2.80. The molecular weight excluding hydrogens is 435 g/mol. The van der Waals surface area contributed by atoms with Crippen LogP contribution in [0.5, 0.6) is 5.75 Å². The maximum atomic E-state index is 13.1. The van der Waals surface area contributed by atoms with Gasteiger partial charge in [0.25, 0.3) is 5.91 Å². The van der Waals surface area contributed by atoms with Crippen LogP contribution in [0.3, 0.4) is 0 Å². The number of ether oxygens (including phenoxy) is 1. The standard InChI is InChI=1S/C24H30Cl2N2O3/c1-6-17(4)27-24(30)18(5)28(13-19-7-8-20(25)12-22(19)26)23(29)14-31-21-10-15(2)9-16(3)11-21/h7-12,17-18H,6,13-14H2,1-5H3,(H,27,30)/t17-,18+/m0/s1. The number of aryl methyl sites for hydroxylation is 2. The van der Waals surface area contributed by atoms with Crippen LogP contribution in [0.2, 0.25) is 10.0 Å². The van der Waals surface area contributed by atoms with E-state index in [4.69, 9.17) is 27.9 Å². The summed E-state index contributed by atoms with van der Waals surface area (Å²) in [5, 5.41) is 3.88. The van der Waals surface area contributed by atoms with Crippen LogP contribution in [0, 0.1) is 13.8 Å². The maximum absolute atomic E-state index is 13.1. The van der Waals surface area contributed by atoms with Crippen molar-refractivity contribution in [1.82, 2.24) is 10.2 Å². The molecular formula is C24H30Cl2N2O3. The molecule has 0 aliphatic carbocycles. The second-order valence-corrected chi connectivity index (χ2v) is 8.71. The number of nitrogens with one attached hydrogen (secondary N) is 1. The number of hydrogen-bond donors (Lipinski definition) is 1. The summed E-state index contributed by atoms with van der Waals surface area (Å²) < 4.78 is 5.75. The van der Waals surface area contributed by atoms with Crippen LogP contribution >= 0.6 is 23.2 Å². The van der Waals surface area contributed by atoms with Gasteiger partial charge in [-0.2, -0.15) is 0 Å². The first-order chi connectivity index (χ1) is 14.6. The van der Waals surface area contributed by atoms with Crippen LogP contribution in [0.25, 0.3) is 0 Å². The first-order valence-electron chi connectivity index (χ1n) is 10.4. The molecule has 2 amide bonds. The van der Waals surface area contributed by atoms with Crippen LogP contribution in [-0.4, -0.2) is 35.4 Å². The van der Waals surface area contributed by atoms with Gasteiger partial charge in [0.1, 0.15) is 11.8 Å². The largest absolute Gasteiger partial charge is 0.484 e. The maximum Gasteiger partial charge on any atom is 0.261 e. The molecule has 0 aromatic heterocycles. The zero-order valence-corrected chi connectivity index (χ0v) is 20.2. The third kappa shape index (κ3) is 7.44. The van der Waals surface area contributed by atoms with E-state index >= 15 is 0 Å². The molecule has 5 nitrogen and oxygen atoms in total. The van der Waals surface area contributed by atoms with Crippen LogP contribution in [0.4, 0.5) is 0 Å². The number of carbonyl (C=O) groups excluding carboxylic acids is 2. The number of hydrogen-bond acceptors (Lipinski definition) is 3. The molecule has 0 saturated carbocycles. The van der Waals surface area contributed by atoms with Crippen molar-refractivity contribution < 1.29 is 14.3 Å². The Bertz CT molecular complexity index is 913. The van der Waals surface area contributed by atoms with Gasteiger partial charge in [-0.25, -0.2) is 0 Å². The highest BCUT2D eigenvalue weighted by atomic mass is 35.5. The summed E-state index contributed by atoms with van der Waals surface area (Å²) in [6.07, 6.45) is 0.797. The molecule has 2 atom stereocenters. The minimum absolute atomic E-state index is 0.0116. The van der Waals surface area contributed by atoms with E-state index in [-0.39, 0.29) is 31.0 Å². The van der Waals surface area contributed by atoms with Crippen LogP contribution in [0.1, 0.15) is 43.9 Å². The molecule has 0 spiro atoms. The molecule has 7 heteroatoms. The van der Waals surface area contributed by atoms with Crippen molar-refractivity contribution in [3.05, 3.63) is 63.1 Å². The zero-order chi connectivity index (χ0) is 23.1. The first kappa shape index (κ1) is 25.0. The van der Waals surface area contributed by atoms with Crippen molar-refractivity contribution in [2.75, 3.05) is 6.61 Å². The Hall–Kier alpha value is -2.24. The van der Waals surface area contributed by atoms with Crippen molar-refractivity contribution in [2.45, 2.75) is 59.7 Å². The van der Waals surface area contributed by atoms with E-state index in [1.54, 1.807) is 25.1 Å². The molecule has 1 N–H and O–H groups in total.